The number of ether oxygens (including phenoxy) is 2. The molecule has 0 spiro atoms. The molecule has 2 heterocycles. The Kier molecular flexibility index (Phi) is 5.06. The number of carbonyl (C=O) groups excluding carboxylic acids is 1. The largest absolute Gasteiger partial charge is 0.479 e. The van der Waals surface area contributed by atoms with Crippen molar-refractivity contribution in [1.82, 2.24) is 4.90 Å². The molecule has 0 aromatic rings. The first-order valence-corrected chi connectivity index (χ1v) is 5.74. The van der Waals surface area contributed by atoms with Crippen molar-refractivity contribution >= 4 is 11.9 Å². The molecule has 104 valence electrons. The fourth-order valence-electron chi connectivity index (χ4n) is 1.36. The van der Waals surface area contributed by atoms with E-state index in [1.807, 2.05) is 4.90 Å². The first-order valence-electron chi connectivity index (χ1n) is 5.74. The van der Waals surface area contributed by atoms with Crippen LogP contribution >= 0.6 is 0 Å². The van der Waals surface area contributed by atoms with Crippen molar-refractivity contribution in [1.29, 1.82) is 0 Å². The van der Waals surface area contributed by atoms with Gasteiger partial charge in [-0.2, -0.15) is 0 Å². The summed E-state index contributed by atoms with van der Waals surface area (Å²) in [5, 5.41) is 17.8. The molecular weight excluding hydrogens is 242 g/mol. The Bertz CT molecular complexity index is 309. The monoisotopic (exact) mass is 261 g/mol. The lowest BCUT2D eigenvalue weighted by Crippen LogP contribution is -2.51. The van der Waals surface area contributed by atoms with E-state index in [9.17, 15) is 14.7 Å². The van der Waals surface area contributed by atoms with E-state index in [1.165, 1.54) is 14.0 Å². The van der Waals surface area contributed by atoms with Crippen molar-refractivity contribution in [3.05, 3.63) is 0 Å². The molecule has 2 rings (SSSR count). The molecule has 2 saturated heterocycles. The van der Waals surface area contributed by atoms with Crippen LogP contribution in [0, 0.1) is 0 Å². The molecule has 2 fully saturated rings. The van der Waals surface area contributed by atoms with Crippen LogP contribution in [0.4, 0.5) is 0 Å². The van der Waals surface area contributed by atoms with Gasteiger partial charge in [-0.3, -0.25) is 4.90 Å². The van der Waals surface area contributed by atoms with Crippen LogP contribution in [-0.2, 0) is 19.1 Å². The van der Waals surface area contributed by atoms with E-state index in [-0.39, 0.29) is 18.6 Å². The Morgan fingerprint density at radius 2 is 2.06 bits per heavy atom. The highest BCUT2D eigenvalue weighted by Gasteiger charge is 2.33. The fourth-order valence-corrected chi connectivity index (χ4v) is 1.36. The number of rotatable bonds is 4. The van der Waals surface area contributed by atoms with Gasteiger partial charge in [0.15, 0.2) is 11.7 Å². The van der Waals surface area contributed by atoms with Gasteiger partial charge in [0.25, 0.3) is 0 Å². The van der Waals surface area contributed by atoms with Gasteiger partial charge in [0, 0.05) is 6.54 Å². The van der Waals surface area contributed by atoms with Gasteiger partial charge in [0.2, 0.25) is 0 Å². The van der Waals surface area contributed by atoms with Crippen LogP contribution in [0.5, 0.6) is 0 Å². The molecule has 2 aliphatic rings. The number of hydrogen-bond acceptors (Lipinski definition) is 6. The van der Waals surface area contributed by atoms with Gasteiger partial charge >= 0.3 is 11.9 Å². The van der Waals surface area contributed by atoms with E-state index in [1.54, 1.807) is 0 Å². The van der Waals surface area contributed by atoms with Gasteiger partial charge in [0.1, 0.15) is 0 Å². The number of aliphatic carboxylic acids is 1. The third kappa shape index (κ3) is 4.59. The second kappa shape index (κ2) is 6.12. The van der Waals surface area contributed by atoms with Crippen molar-refractivity contribution in [2.45, 2.75) is 25.0 Å². The summed E-state index contributed by atoms with van der Waals surface area (Å²) in [4.78, 5) is 22.6. The lowest BCUT2D eigenvalue weighted by Gasteiger charge is -2.34. The number of methoxy groups -OCH3 is 1. The topological polar surface area (TPSA) is 99.6 Å². The van der Waals surface area contributed by atoms with Crippen molar-refractivity contribution in [2.24, 2.45) is 0 Å². The Hall–Kier alpha value is -1.18. The van der Waals surface area contributed by atoms with Gasteiger partial charge in [-0.05, 0) is 26.4 Å². The number of carbonyl (C=O) groups is 2. The van der Waals surface area contributed by atoms with Gasteiger partial charge < -0.3 is 19.7 Å². The molecule has 0 bridgehead atoms. The molecule has 2 atom stereocenters. The highest BCUT2D eigenvalue weighted by molar-refractivity contribution is 5.77. The summed E-state index contributed by atoms with van der Waals surface area (Å²) in [5.41, 5.74) is -1.58. The van der Waals surface area contributed by atoms with Gasteiger partial charge in [-0.15, -0.1) is 0 Å². The average molecular weight is 261 g/mol. The zero-order valence-electron chi connectivity index (χ0n) is 10.6. The minimum atomic E-state index is -1.58. The fraction of sp³-hybridized carbons (Fsp3) is 0.818. The van der Waals surface area contributed by atoms with Crippen LogP contribution < -0.4 is 0 Å². The maximum Gasteiger partial charge on any atom is 0.337 e. The molecule has 2 N–H and O–H groups in total. The molecule has 0 radical (unpaired) electrons. The number of likely N-dealkylation sites (tertiary alicyclic amines) is 1. The number of carboxylic acid groups (broad SMARTS) is 1. The summed E-state index contributed by atoms with van der Waals surface area (Å²) in [6.07, 6.45) is 0.861. The summed E-state index contributed by atoms with van der Waals surface area (Å²) in [7, 11) is 1.35. The van der Waals surface area contributed by atoms with E-state index >= 15 is 0 Å². The third-order valence-electron chi connectivity index (χ3n) is 2.74. The number of hydrogen-bond donors (Lipinski definition) is 2. The van der Waals surface area contributed by atoms with Gasteiger partial charge in [-0.25, -0.2) is 9.59 Å². The van der Waals surface area contributed by atoms with Crippen molar-refractivity contribution in [3.8, 4) is 0 Å². The maximum atomic E-state index is 10.4. The molecular formula is C11H19NO6. The summed E-state index contributed by atoms with van der Waals surface area (Å²) in [5.74, 6) is -1.41. The summed E-state index contributed by atoms with van der Waals surface area (Å²) in [6, 6.07) is 0. The van der Waals surface area contributed by atoms with Crippen LogP contribution in [-0.4, -0.2) is 72.1 Å². The van der Waals surface area contributed by atoms with E-state index < -0.39 is 11.6 Å². The molecule has 0 aromatic carbocycles. The molecule has 0 unspecified atom stereocenters. The minimum absolute atomic E-state index is 0.238. The van der Waals surface area contributed by atoms with Crippen molar-refractivity contribution in [2.75, 3.05) is 33.4 Å². The number of β-amino-alcohol motifs (C(OH)–C–C–N with tert-alkyl or cyclic N) is 1. The van der Waals surface area contributed by atoms with Gasteiger partial charge in [-0.1, -0.05) is 0 Å². The minimum Gasteiger partial charge on any atom is -0.479 e. The highest BCUT2D eigenvalue weighted by Crippen LogP contribution is 2.12. The molecule has 0 aliphatic carbocycles. The van der Waals surface area contributed by atoms with E-state index in [2.05, 4.69) is 9.47 Å². The SMILES string of the molecule is COC(=O)[C@@H]1CO1.C[C@](O)(CN1CCC1)C(=O)O. The Morgan fingerprint density at radius 3 is 2.28 bits per heavy atom. The van der Waals surface area contributed by atoms with E-state index in [0.717, 1.165) is 19.5 Å². The molecule has 0 saturated carbocycles. The normalized spacial score (nSPS) is 24.9. The molecule has 7 heteroatoms. The van der Waals surface area contributed by atoms with Crippen LogP contribution in [0.3, 0.4) is 0 Å². The first kappa shape index (κ1) is 14.9. The molecule has 0 amide bonds. The highest BCUT2D eigenvalue weighted by atomic mass is 16.6. The predicted molar refractivity (Wildman–Crippen MR) is 61.1 cm³/mol. The lowest BCUT2D eigenvalue weighted by molar-refractivity contribution is -0.159. The van der Waals surface area contributed by atoms with Crippen molar-refractivity contribution in [3.63, 3.8) is 0 Å². The zero-order valence-corrected chi connectivity index (χ0v) is 10.6. The number of nitrogens with zero attached hydrogens (tertiary/aromatic N) is 1. The molecule has 2 aliphatic heterocycles. The summed E-state index contributed by atoms with van der Waals surface area (Å²) < 4.78 is 8.90. The second-order valence-electron chi connectivity index (χ2n) is 4.55. The first-order chi connectivity index (χ1) is 8.36. The van der Waals surface area contributed by atoms with E-state index in [0.29, 0.717) is 6.61 Å². The Balaban J connectivity index is 0.000000199. The molecule has 18 heavy (non-hydrogen) atoms. The smallest absolute Gasteiger partial charge is 0.337 e. The molecule has 0 aromatic heterocycles. The Morgan fingerprint density at radius 1 is 1.50 bits per heavy atom. The van der Waals surface area contributed by atoms with Crippen LogP contribution in [0.2, 0.25) is 0 Å². The zero-order chi connectivity index (χ0) is 13.8. The van der Waals surface area contributed by atoms with Crippen LogP contribution in [0.15, 0.2) is 0 Å². The predicted octanol–water partition coefficient (Wildman–Crippen LogP) is -0.914. The van der Waals surface area contributed by atoms with Gasteiger partial charge in [0.05, 0.1) is 13.7 Å². The number of epoxide rings is 1. The van der Waals surface area contributed by atoms with Crippen LogP contribution in [0.25, 0.3) is 0 Å². The number of esters is 1. The second-order valence-corrected chi connectivity index (χ2v) is 4.55. The Labute approximate surface area is 105 Å². The maximum absolute atomic E-state index is 10.4. The lowest BCUT2D eigenvalue weighted by atomic mass is 10.0. The number of carboxylic acids is 1. The summed E-state index contributed by atoms with van der Waals surface area (Å²) in [6.45, 7) is 3.91. The third-order valence-corrected chi connectivity index (χ3v) is 2.74. The average Bonchev–Trinajstić information content (AvgIpc) is 3.07. The van der Waals surface area contributed by atoms with Crippen LogP contribution in [0.1, 0.15) is 13.3 Å². The molecule has 7 nitrogen and oxygen atoms in total. The van der Waals surface area contributed by atoms with E-state index in [4.69, 9.17) is 5.11 Å². The number of aliphatic hydroxyl groups is 1. The van der Waals surface area contributed by atoms with Crippen molar-refractivity contribution < 1.29 is 29.3 Å². The standard InChI is InChI=1S/C7H13NO3.C4H6O3/c1-7(11,6(9)10)5-8-3-2-4-8;1-6-4(5)3-2-7-3/h11H,2-5H2,1H3,(H,9,10);3H,2H2,1H3/t7-;3-/m00/s1. The summed E-state index contributed by atoms with van der Waals surface area (Å²) >= 11 is 0. The quantitative estimate of drug-likeness (QED) is 0.499.